The van der Waals surface area contributed by atoms with Crippen molar-refractivity contribution in [2.45, 2.75) is 45.2 Å². The molecule has 2 rings (SSSR count). The van der Waals surface area contributed by atoms with Gasteiger partial charge in [-0.05, 0) is 34.1 Å². The van der Waals surface area contributed by atoms with Crippen molar-refractivity contribution in [1.29, 1.82) is 0 Å². The fourth-order valence-corrected chi connectivity index (χ4v) is 5.55. The lowest BCUT2D eigenvalue weighted by Gasteiger charge is -2.35. The van der Waals surface area contributed by atoms with Gasteiger partial charge in [-0.25, -0.2) is 8.42 Å². The molecule has 0 bridgehead atoms. The zero-order valence-corrected chi connectivity index (χ0v) is 17.1. The van der Waals surface area contributed by atoms with Crippen molar-refractivity contribution in [3.05, 3.63) is 0 Å². The minimum absolute atomic E-state index is 0.0130. The average molecular weight is 389 g/mol. The second-order valence-electron chi connectivity index (χ2n) is 8.80. The Hall–Kier alpha value is -1.19. The Balaban J connectivity index is 1.71. The molecule has 0 aliphatic carbocycles. The molecule has 2 N–H and O–H groups in total. The van der Waals surface area contributed by atoms with Gasteiger partial charge < -0.3 is 10.6 Å². The molecule has 0 aromatic carbocycles. The molecule has 0 radical (unpaired) electrons. The summed E-state index contributed by atoms with van der Waals surface area (Å²) < 4.78 is 23.3. The van der Waals surface area contributed by atoms with Crippen molar-refractivity contribution in [1.82, 2.24) is 20.4 Å². The van der Waals surface area contributed by atoms with Gasteiger partial charge in [-0.1, -0.05) is 0 Å². The molecule has 26 heavy (non-hydrogen) atoms. The standard InChI is InChI=1S/C17H32N4O4S/c1-16(2,3)18-14(22)11-20-6-8-21(9-7-20)12-15(23)19-17(4)5-10-26(24,25)13-17/h5-13H2,1-4H3,(H,18,22)(H,19,23)/t17-/m1/s1. The fraction of sp³-hybridized carbons (Fsp3) is 0.882. The highest BCUT2D eigenvalue weighted by Crippen LogP contribution is 2.22. The van der Waals surface area contributed by atoms with Crippen LogP contribution in [0.15, 0.2) is 0 Å². The first-order chi connectivity index (χ1) is 11.9. The summed E-state index contributed by atoms with van der Waals surface area (Å²) in [6.45, 7) is 11.2. The van der Waals surface area contributed by atoms with E-state index in [2.05, 4.69) is 15.5 Å². The number of hydrogen-bond donors (Lipinski definition) is 2. The monoisotopic (exact) mass is 388 g/mol. The highest BCUT2D eigenvalue weighted by atomic mass is 32.2. The molecule has 2 heterocycles. The van der Waals surface area contributed by atoms with Gasteiger partial charge >= 0.3 is 0 Å². The predicted molar refractivity (Wildman–Crippen MR) is 101 cm³/mol. The summed E-state index contributed by atoms with van der Waals surface area (Å²) in [5.74, 6) is 0.0317. The maximum atomic E-state index is 12.3. The van der Waals surface area contributed by atoms with Crippen LogP contribution in [0.25, 0.3) is 0 Å². The topological polar surface area (TPSA) is 98.8 Å². The largest absolute Gasteiger partial charge is 0.350 e. The number of carbonyl (C=O) groups excluding carboxylic acids is 2. The van der Waals surface area contributed by atoms with Crippen LogP contribution in [-0.4, -0.2) is 91.9 Å². The van der Waals surface area contributed by atoms with Crippen molar-refractivity contribution in [2.75, 3.05) is 50.8 Å². The van der Waals surface area contributed by atoms with Crippen LogP contribution in [0.2, 0.25) is 0 Å². The van der Waals surface area contributed by atoms with Gasteiger partial charge in [-0.3, -0.25) is 19.4 Å². The molecule has 2 saturated heterocycles. The van der Waals surface area contributed by atoms with E-state index in [0.29, 0.717) is 26.1 Å². The lowest BCUT2D eigenvalue weighted by molar-refractivity contribution is -0.126. The quantitative estimate of drug-likeness (QED) is 0.641. The molecular weight excluding hydrogens is 356 g/mol. The van der Waals surface area contributed by atoms with Crippen LogP contribution in [0.5, 0.6) is 0 Å². The normalized spacial score (nSPS) is 27.2. The van der Waals surface area contributed by atoms with E-state index < -0.39 is 15.4 Å². The first-order valence-electron chi connectivity index (χ1n) is 9.13. The van der Waals surface area contributed by atoms with Gasteiger partial charge in [0.25, 0.3) is 0 Å². The summed E-state index contributed by atoms with van der Waals surface area (Å²) in [5.41, 5.74) is -0.885. The molecule has 2 fully saturated rings. The summed E-state index contributed by atoms with van der Waals surface area (Å²) in [6.07, 6.45) is 0.470. The van der Waals surface area contributed by atoms with E-state index in [1.54, 1.807) is 6.92 Å². The molecule has 1 atom stereocenters. The Morgan fingerprint density at radius 2 is 1.50 bits per heavy atom. The Bertz CT molecular complexity index is 636. The maximum absolute atomic E-state index is 12.3. The van der Waals surface area contributed by atoms with Crippen LogP contribution in [-0.2, 0) is 19.4 Å². The third-order valence-electron chi connectivity index (χ3n) is 4.66. The molecule has 0 saturated carbocycles. The van der Waals surface area contributed by atoms with Gasteiger partial charge in [-0.2, -0.15) is 0 Å². The van der Waals surface area contributed by atoms with Crippen LogP contribution < -0.4 is 10.6 Å². The van der Waals surface area contributed by atoms with Crippen LogP contribution in [0, 0.1) is 0 Å². The highest BCUT2D eigenvalue weighted by Gasteiger charge is 2.39. The van der Waals surface area contributed by atoms with Crippen LogP contribution in [0.1, 0.15) is 34.1 Å². The first-order valence-corrected chi connectivity index (χ1v) is 11.0. The number of carbonyl (C=O) groups is 2. The van der Waals surface area contributed by atoms with E-state index >= 15 is 0 Å². The minimum atomic E-state index is -3.04. The van der Waals surface area contributed by atoms with Crippen molar-refractivity contribution >= 4 is 21.7 Å². The third kappa shape index (κ3) is 6.85. The molecule has 8 nitrogen and oxygen atoms in total. The number of nitrogens with zero attached hydrogens (tertiary/aromatic N) is 2. The smallest absolute Gasteiger partial charge is 0.234 e. The summed E-state index contributed by atoms with van der Waals surface area (Å²) in [5, 5.41) is 5.84. The fourth-order valence-electron chi connectivity index (χ4n) is 3.45. The minimum Gasteiger partial charge on any atom is -0.350 e. The molecule has 0 spiro atoms. The lowest BCUT2D eigenvalue weighted by atomic mass is 10.0. The lowest BCUT2D eigenvalue weighted by Crippen LogP contribution is -2.55. The number of amides is 2. The Labute approximate surface area is 156 Å². The zero-order valence-electron chi connectivity index (χ0n) is 16.3. The van der Waals surface area contributed by atoms with E-state index in [9.17, 15) is 18.0 Å². The molecule has 2 aliphatic heterocycles. The number of nitrogens with one attached hydrogen (secondary N) is 2. The second kappa shape index (κ2) is 7.82. The van der Waals surface area contributed by atoms with Gasteiger partial charge in [-0.15, -0.1) is 0 Å². The molecular formula is C17H32N4O4S. The van der Waals surface area contributed by atoms with Crippen LogP contribution in [0.3, 0.4) is 0 Å². The summed E-state index contributed by atoms with van der Waals surface area (Å²) in [4.78, 5) is 28.4. The molecule has 2 amide bonds. The van der Waals surface area contributed by atoms with Crippen molar-refractivity contribution in [3.8, 4) is 0 Å². The summed E-state index contributed by atoms with van der Waals surface area (Å²) in [7, 11) is -3.04. The Kier molecular flexibility index (Phi) is 6.35. The first kappa shape index (κ1) is 21.1. The van der Waals surface area contributed by atoms with Gasteiger partial charge in [0.05, 0.1) is 30.1 Å². The molecule has 9 heteroatoms. The number of hydrogen-bond acceptors (Lipinski definition) is 6. The maximum Gasteiger partial charge on any atom is 0.234 e. The molecule has 150 valence electrons. The van der Waals surface area contributed by atoms with E-state index in [1.165, 1.54) is 0 Å². The molecule has 0 unspecified atom stereocenters. The second-order valence-corrected chi connectivity index (χ2v) is 11.0. The van der Waals surface area contributed by atoms with Crippen LogP contribution >= 0.6 is 0 Å². The van der Waals surface area contributed by atoms with Gasteiger partial charge in [0.2, 0.25) is 11.8 Å². The van der Waals surface area contributed by atoms with E-state index in [1.807, 2.05) is 25.7 Å². The van der Waals surface area contributed by atoms with Gasteiger partial charge in [0, 0.05) is 31.7 Å². The SMILES string of the molecule is CC(C)(C)NC(=O)CN1CCN(CC(=O)N[C@]2(C)CCS(=O)(=O)C2)CC1. The summed E-state index contributed by atoms with van der Waals surface area (Å²) in [6, 6.07) is 0. The Morgan fingerprint density at radius 1 is 1.00 bits per heavy atom. The van der Waals surface area contributed by atoms with E-state index in [0.717, 1.165) is 13.1 Å². The van der Waals surface area contributed by atoms with Crippen molar-refractivity contribution in [3.63, 3.8) is 0 Å². The van der Waals surface area contributed by atoms with E-state index in [-0.39, 0.29) is 35.4 Å². The predicted octanol–water partition coefficient (Wildman–Crippen LogP) is -0.788. The highest BCUT2D eigenvalue weighted by molar-refractivity contribution is 7.91. The number of rotatable bonds is 5. The number of piperazine rings is 1. The van der Waals surface area contributed by atoms with Gasteiger partial charge in [0.15, 0.2) is 9.84 Å². The average Bonchev–Trinajstić information content (AvgIpc) is 2.72. The van der Waals surface area contributed by atoms with E-state index in [4.69, 9.17) is 0 Å². The zero-order chi connectivity index (χ0) is 19.6. The van der Waals surface area contributed by atoms with Crippen molar-refractivity contribution < 1.29 is 18.0 Å². The summed E-state index contributed by atoms with van der Waals surface area (Å²) >= 11 is 0. The molecule has 0 aromatic rings. The third-order valence-corrected chi connectivity index (χ3v) is 6.56. The van der Waals surface area contributed by atoms with Crippen molar-refractivity contribution in [2.24, 2.45) is 0 Å². The van der Waals surface area contributed by atoms with Gasteiger partial charge in [0.1, 0.15) is 0 Å². The number of sulfone groups is 1. The Morgan fingerprint density at radius 3 is 1.92 bits per heavy atom. The molecule has 2 aliphatic rings. The molecule has 0 aromatic heterocycles. The van der Waals surface area contributed by atoms with Crippen LogP contribution in [0.4, 0.5) is 0 Å².